The number of nitro benzene ring substituents is 1. The van der Waals surface area contributed by atoms with Crippen LogP contribution in [0, 0.1) is 10.1 Å². The molecule has 1 aliphatic heterocycles. The van der Waals surface area contributed by atoms with Gasteiger partial charge in [0, 0.05) is 24.4 Å². The number of hydrogen-bond acceptors (Lipinski definition) is 5. The van der Waals surface area contributed by atoms with Crippen LogP contribution in [0.2, 0.25) is 5.02 Å². The van der Waals surface area contributed by atoms with Crippen LogP contribution >= 0.6 is 11.6 Å². The molecular formula is C30H25ClN4O5. The normalized spacial score (nSPS) is 15.7. The number of halogens is 1. The van der Waals surface area contributed by atoms with Gasteiger partial charge in [-0.15, -0.1) is 0 Å². The second-order valence-corrected chi connectivity index (χ2v) is 10.2. The van der Waals surface area contributed by atoms with Gasteiger partial charge in [-0.3, -0.25) is 24.6 Å². The van der Waals surface area contributed by atoms with Gasteiger partial charge in [-0.1, -0.05) is 35.9 Å². The first-order valence-electron chi connectivity index (χ1n) is 12.8. The summed E-state index contributed by atoms with van der Waals surface area (Å²) in [5.41, 5.74) is 3.33. The van der Waals surface area contributed by atoms with Gasteiger partial charge < -0.3 is 14.2 Å². The monoisotopic (exact) mass is 556 g/mol. The minimum absolute atomic E-state index is 0.0189. The summed E-state index contributed by atoms with van der Waals surface area (Å²) in [4.78, 5) is 41.8. The van der Waals surface area contributed by atoms with E-state index in [1.807, 2.05) is 66.9 Å². The number of ether oxygens (including phenoxy) is 1. The Balaban J connectivity index is 1.38. The molecule has 0 saturated heterocycles. The van der Waals surface area contributed by atoms with Crippen molar-refractivity contribution in [2.24, 2.45) is 0 Å². The van der Waals surface area contributed by atoms with Gasteiger partial charge in [-0.25, -0.2) is 0 Å². The molecule has 9 nitrogen and oxygen atoms in total. The van der Waals surface area contributed by atoms with Gasteiger partial charge in [0.25, 0.3) is 11.6 Å². The number of non-ortho nitro benzene ring substituents is 1. The molecule has 4 aromatic rings. The number of amides is 2. The lowest BCUT2D eigenvalue weighted by Crippen LogP contribution is -2.47. The van der Waals surface area contributed by atoms with Crippen LogP contribution in [0.25, 0.3) is 5.69 Å². The largest absolute Gasteiger partial charge is 0.497 e. The van der Waals surface area contributed by atoms with E-state index < -0.39 is 16.9 Å². The van der Waals surface area contributed by atoms with Crippen LogP contribution in [0.15, 0.2) is 85.1 Å². The minimum atomic E-state index is -0.564. The fourth-order valence-corrected chi connectivity index (χ4v) is 5.54. The number of para-hydroxylation sites is 2. The molecule has 3 aromatic carbocycles. The molecule has 2 heterocycles. The van der Waals surface area contributed by atoms with E-state index in [1.165, 1.54) is 17.0 Å². The Morgan fingerprint density at radius 2 is 1.75 bits per heavy atom. The average Bonchev–Trinajstić information content (AvgIpc) is 3.69. The molecule has 0 radical (unpaired) electrons. The minimum Gasteiger partial charge on any atom is -0.497 e. The Morgan fingerprint density at radius 1 is 1.02 bits per heavy atom. The Bertz CT molecular complexity index is 1630. The lowest BCUT2D eigenvalue weighted by molar-refractivity contribution is -0.384. The third-order valence-corrected chi connectivity index (χ3v) is 7.68. The van der Waals surface area contributed by atoms with E-state index in [0.29, 0.717) is 5.75 Å². The highest BCUT2D eigenvalue weighted by atomic mass is 35.5. The second-order valence-electron chi connectivity index (χ2n) is 9.82. The molecule has 6 rings (SSSR count). The van der Waals surface area contributed by atoms with Gasteiger partial charge in [0.2, 0.25) is 5.91 Å². The van der Waals surface area contributed by atoms with E-state index in [4.69, 9.17) is 16.3 Å². The summed E-state index contributed by atoms with van der Waals surface area (Å²) in [7, 11) is 1.60. The molecule has 10 heteroatoms. The Labute approximate surface area is 235 Å². The van der Waals surface area contributed by atoms with Gasteiger partial charge in [-0.05, 0) is 60.9 Å². The van der Waals surface area contributed by atoms with Crippen molar-refractivity contribution >= 4 is 34.8 Å². The quantitative estimate of drug-likeness (QED) is 0.212. The maximum absolute atomic E-state index is 14.3. The molecule has 40 heavy (non-hydrogen) atoms. The molecule has 0 bridgehead atoms. The van der Waals surface area contributed by atoms with Crippen molar-refractivity contribution < 1.29 is 19.2 Å². The predicted octanol–water partition coefficient (Wildman–Crippen LogP) is 5.79. The van der Waals surface area contributed by atoms with Gasteiger partial charge in [0.15, 0.2) is 0 Å². The highest BCUT2D eigenvalue weighted by Crippen LogP contribution is 2.43. The maximum Gasteiger partial charge on any atom is 0.270 e. The second kappa shape index (κ2) is 10.2. The number of methoxy groups -OCH3 is 1. The summed E-state index contributed by atoms with van der Waals surface area (Å²) in [5, 5.41) is 11.1. The SMILES string of the molecule is COc1ccc(C2c3cccn3-c3ccccc3N2C(=O)CN(C(=O)c2ccc([N+](=O)[O-])cc2Cl)C2CC2)cc1. The molecule has 1 aliphatic carbocycles. The van der Waals surface area contributed by atoms with Crippen molar-refractivity contribution in [1.82, 2.24) is 9.47 Å². The van der Waals surface area contributed by atoms with E-state index in [-0.39, 0.29) is 34.8 Å². The first-order valence-corrected chi connectivity index (χ1v) is 13.2. The molecular weight excluding hydrogens is 532 g/mol. The van der Waals surface area contributed by atoms with E-state index in [9.17, 15) is 19.7 Å². The van der Waals surface area contributed by atoms with E-state index in [2.05, 4.69) is 4.57 Å². The highest BCUT2D eigenvalue weighted by molar-refractivity contribution is 6.34. The van der Waals surface area contributed by atoms with Crippen LogP contribution in [0.3, 0.4) is 0 Å². The van der Waals surface area contributed by atoms with Crippen LogP contribution in [0.1, 0.15) is 40.5 Å². The topological polar surface area (TPSA) is 97.9 Å². The summed E-state index contributed by atoms with van der Waals surface area (Å²) >= 11 is 6.30. The number of rotatable bonds is 7. The summed E-state index contributed by atoms with van der Waals surface area (Å²) in [6, 6.07) is 22.5. The lowest BCUT2D eigenvalue weighted by Gasteiger charge is -2.39. The first kappa shape index (κ1) is 25.6. The van der Waals surface area contributed by atoms with Crippen LogP contribution in [0.5, 0.6) is 5.75 Å². The van der Waals surface area contributed by atoms with E-state index in [1.54, 1.807) is 12.0 Å². The van der Waals surface area contributed by atoms with Crippen LogP contribution < -0.4 is 9.64 Å². The first-order chi connectivity index (χ1) is 19.4. The summed E-state index contributed by atoms with van der Waals surface area (Å²) in [6.45, 7) is -0.168. The Morgan fingerprint density at radius 3 is 2.40 bits per heavy atom. The zero-order valence-corrected chi connectivity index (χ0v) is 22.3. The third-order valence-electron chi connectivity index (χ3n) is 7.37. The van der Waals surface area contributed by atoms with Crippen molar-refractivity contribution in [2.45, 2.75) is 24.9 Å². The number of carbonyl (C=O) groups excluding carboxylic acids is 2. The third kappa shape index (κ3) is 4.48. The van der Waals surface area contributed by atoms with Gasteiger partial charge in [0.1, 0.15) is 18.3 Å². The number of nitro groups is 1. The van der Waals surface area contributed by atoms with Crippen molar-refractivity contribution in [3.8, 4) is 11.4 Å². The van der Waals surface area contributed by atoms with Crippen LogP contribution in [-0.4, -0.2) is 45.9 Å². The van der Waals surface area contributed by atoms with Gasteiger partial charge in [-0.2, -0.15) is 0 Å². The lowest BCUT2D eigenvalue weighted by atomic mass is 9.97. The highest BCUT2D eigenvalue weighted by Gasteiger charge is 2.40. The average molecular weight is 557 g/mol. The molecule has 2 aliphatic rings. The number of benzene rings is 3. The summed E-state index contributed by atoms with van der Waals surface area (Å²) in [6.07, 6.45) is 3.51. The molecule has 2 amide bonds. The van der Waals surface area contributed by atoms with E-state index in [0.717, 1.165) is 41.5 Å². The van der Waals surface area contributed by atoms with Crippen molar-refractivity contribution in [1.29, 1.82) is 0 Å². The number of aromatic nitrogens is 1. The standard InChI is InChI=1S/C30H25ClN4O5/c1-40-22-13-8-19(9-14-22)29-27-7-4-16-32(27)25-5-2-3-6-26(25)34(29)28(36)18-33(20-10-11-20)30(37)23-15-12-21(35(38)39)17-24(23)31/h2-9,12-17,20,29H,10-11,18H2,1H3. The number of hydrogen-bond donors (Lipinski definition) is 0. The van der Waals surface area contributed by atoms with Crippen LogP contribution in [-0.2, 0) is 4.79 Å². The summed E-state index contributed by atoms with van der Waals surface area (Å²) in [5.74, 6) is 0.0307. The number of nitrogens with zero attached hydrogens (tertiary/aromatic N) is 4. The number of fused-ring (bicyclic) bond motifs is 3. The summed E-state index contributed by atoms with van der Waals surface area (Å²) < 4.78 is 7.43. The molecule has 0 spiro atoms. The molecule has 1 unspecified atom stereocenters. The predicted molar refractivity (Wildman–Crippen MR) is 150 cm³/mol. The van der Waals surface area contributed by atoms with Gasteiger partial charge in [0.05, 0.1) is 39.7 Å². The molecule has 1 fully saturated rings. The Kier molecular flexibility index (Phi) is 6.51. The fourth-order valence-electron chi connectivity index (χ4n) is 5.28. The zero-order valence-electron chi connectivity index (χ0n) is 21.6. The van der Waals surface area contributed by atoms with Crippen molar-refractivity contribution in [3.63, 3.8) is 0 Å². The smallest absolute Gasteiger partial charge is 0.270 e. The molecule has 1 saturated carbocycles. The maximum atomic E-state index is 14.3. The zero-order chi connectivity index (χ0) is 28.0. The van der Waals surface area contributed by atoms with E-state index >= 15 is 0 Å². The van der Waals surface area contributed by atoms with Crippen molar-refractivity contribution in [2.75, 3.05) is 18.6 Å². The molecule has 0 N–H and O–H groups in total. The molecule has 202 valence electrons. The number of anilines is 1. The van der Waals surface area contributed by atoms with Crippen LogP contribution in [0.4, 0.5) is 11.4 Å². The fraction of sp³-hybridized carbons (Fsp3) is 0.200. The van der Waals surface area contributed by atoms with Gasteiger partial charge >= 0.3 is 0 Å². The molecule has 1 atom stereocenters. The van der Waals surface area contributed by atoms with Crippen molar-refractivity contribution in [3.05, 3.63) is 117 Å². The molecule has 1 aromatic heterocycles. The number of carbonyl (C=O) groups is 2. The Hall–Kier alpha value is -4.63.